The number of pyridine rings is 1. The number of aromatic nitrogens is 1. The number of anilines is 1. The van der Waals surface area contributed by atoms with Gasteiger partial charge in [-0.3, -0.25) is 0 Å². The van der Waals surface area contributed by atoms with Crippen LogP contribution in [0.2, 0.25) is 0 Å². The van der Waals surface area contributed by atoms with Gasteiger partial charge >= 0.3 is 0 Å². The molecule has 0 aliphatic carbocycles. The molecule has 0 aromatic carbocycles. The van der Waals surface area contributed by atoms with E-state index < -0.39 is 0 Å². The summed E-state index contributed by atoms with van der Waals surface area (Å²) in [4.78, 5) is 6.64. The maximum Gasteiger partial charge on any atom is 0.139 e. The molecule has 84 valence electrons. The second-order valence-electron chi connectivity index (χ2n) is 4.25. The van der Waals surface area contributed by atoms with Crippen molar-refractivity contribution >= 4 is 16.8 Å². The number of furan rings is 1. The summed E-state index contributed by atoms with van der Waals surface area (Å²) in [5.74, 6) is 1.35. The van der Waals surface area contributed by atoms with Gasteiger partial charge in [-0.15, -0.1) is 0 Å². The van der Waals surface area contributed by atoms with Crippen molar-refractivity contribution in [2.24, 2.45) is 5.92 Å². The van der Waals surface area contributed by atoms with E-state index in [0.717, 1.165) is 36.3 Å². The summed E-state index contributed by atoms with van der Waals surface area (Å²) in [7, 11) is 0. The molecule has 0 bridgehead atoms. The van der Waals surface area contributed by atoms with Crippen LogP contribution in [0.3, 0.4) is 0 Å². The van der Waals surface area contributed by atoms with Crippen molar-refractivity contribution in [2.45, 2.75) is 6.42 Å². The largest absolute Gasteiger partial charge is 0.464 e. The zero-order valence-corrected chi connectivity index (χ0v) is 8.97. The number of fused-ring (bicyclic) bond motifs is 1. The Hall–Kier alpha value is -1.55. The average molecular weight is 218 g/mol. The fourth-order valence-corrected chi connectivity index (χ4v) is 2.31. The third kappa shape index (κ3) is 1.46. The van der Waals surface area contributed by atoms with Gasteiger partial charge in [0.25, 0.3) is 0 Å². The van der Waals surface area contributed by atoms with Crippen LogP contribution in [0.4, 0.5) is 5.82 Å². The third-order valence-corrected chi connectivity index (χ3v) is 3.20. The molecule has 0 saturated carbocycles. The van der Waals surface area contributed by atoms with Gasteiger partial charge in [0, 0.05) is 31.8 Å². The van der Waals surface area contributed by atoms with E-state index in [0.29, 0.717) is 5.92 Å². The van der Waals surface area contributed by atoms with Crippen molar-refractivity contribution in [2.75, 3.05) is 24.6 Å². The van der Waals surface area contributed by atoms with E-state index >= 15 is 0 Å². The van der Waals surface area contributed by atoms with E-state index in [1.54, 1.807) is 12.5 Å². The van der Waals surface area contributed by atoms with Crippen LogP contribution in [-0.2, 0) is 0 Å². The molecular weight excluding hydrogens is 204 g/mol. The molecule has 1 saturated heterocycles. The van der Waals surface area contributed by atoms with Gasteiger partial charge in [-0.1, -0.05) is 0 Å². The second-order valence-corrected chi connectivity index (χ2v) is 4.25. The molecule has 2 aromatic heterocycles. The summed E-state index contributed by atoms with van der Waals surface area (Å²) >= 11 is 0. The molecule has 3 heterocycles. The summed E-state index contributed by atoms with van der Waals surface area (Å²) in [5, 5.41) is 10.2. The minimum atomic E-state index is 0.262. The minimum absolute atomic E-state index is 0.262. The normalized spacial score (nSPS) is 20.8. The maximum atomic E-state index is 9.14. The summed E-state index contributed by atoms with van der Waals surface area (Å²) in [6.45, 7) is 2.11. The van der Waals surface area contributed by atoms with Gasteiger partial charge in [-0.25, -0.2) is 4.98 Å². The second kappa shape index (κ2) is 3.79. The Balaban J connectivity index is 1.97. The number of rotatable bonds is 2. The van der Waals surface area contributed by atoms with E-state index in [2.05, 4.69) is 9.88 Å². The van der Waals surface area contributed by atoms with E-state index in [-0.39, 0.29) is 6.61 Å². The monoisotopic (exact) mass is 218 g/mol. The van der Waals surface area contributed by atoms with Crippen molar-refractivity contribution in [3.8, 4) is 0 Å². The van der Waals surface area contributed by atoms with Gasteiger partial charge < -0.3 is 14.4 Å². The van der Waals surface area contributed by atoms with Crippen molar-refractivity contribution in [1.82, 2.24) is 4.98 Å². The number of hydrogen-bond acceptors (Lipinski definition) is 4. The molecule has 0 spiro atoms. The van der Waals surface area contributed by atoms with Crippen LogP contribution in [-0.4, -0.2) is 29.8 Å². The van der Waals surface area contributed by atoms with Gasteiger partial charge in [0.1, 0.15) is 11.4 Å². The molecule has 2 aromatic rings. The highest BCUT2D eigenvalue weighted by atomic mass is 16.3. The zero-order chi connectivity index (χ0) is 11.0. The maximum absolute atomic E-state index is 9.14. The number of aliphatic hydroxyl groups is 1. The van der Waals surface area contributed by atoms with Crippen LogP contribution >= 0.6 is 0 Å². The topological polar surface area (TPSA) is 49.5 Å². The predicted molar refractivity (Wildman–Crippen MR) is 61.4 cm³/mol. The SMILES string of the molecule is OCC1CCN(c2nccc3occc23)C1. The zero-order valence-electron chi connectivity index (χ0n) is 8.97. The van der Waals surface area contributed by atoms with E-state index in [9.17, 15) is 0 Å². The van der Waals surface area contributed by atoms with Crippen LogP contribution in [0, 0.1) is 5.92 Å². The lowest BCUT2D eigenvalue weighted by Crippen LogP contribution is -2.21. The molecule has 0 amide bonds. The highest BCUT2D eigenvalue weighted by Crippen LogP contribution is 2.29. The molecule has 1 unspecified atom stereocenters. The van der Waals surface area contributed by atoms with Crippen molar-refractivity contribution in [3.05, 3.63) is 24.6 Å². The average Bonchev–Trinajstić information content (AvgIpc) is 2.97. The Morgan fingerprint density at radius 3 is 3.25 bits per heavy atom. The Morgan fingerprint density at radius 1 is 1.50 bits per heavy atom. The Morgan fingerprint density at radius 2 is 2.44 bits per heavy atom. The minimum Gasteiger partial charge on any atom is -0.464 e. The Kier molecular flexibility index (Phi) is 2.29. The van der Waals surface area contributed by atoms with Crippen LogP contribution in [0.15, 0.2) is 29.0 Å². The lowest BCUT2D eigenvalue weighted by Gasteiger charge is -2.17. The number of hydrogen-bond donors (Lipinski definition) is 1. The molecule has 1 N–H and O–H groups in total. The van der Waals surface area contributed by atoms with E-state index in [1.807, 2.05) is 12.1 Å². The first-order chi connectivity index (χ1) is 7.88. The fraction of sp³-hybridized carbons (Fsp3) is 0.417. The molecule has 16 heavy (non-hydrogen) atoms. The van der Waals surface area contributed by atoms with Crippen molar-refractivity contribution < 1.29 is 9.52 Å². The van der Waals surface area contributed by atoms with Gasteiger partial charge in [-0.2, -0.15) is 0 Å². The van der Waals surface area contributed by atoms with E-state index in [1.165, 1.54) is 0 Å². The number of aliphatic hydroxyl groups excluding tert-OH is 1. The van der Waals surface area contributed by atoms with Gasteiger partial charge in [-0.05, 0) is 18.6 Å². The molecule has 1 aliphatic rings. The highest BCUT2D eigenvalue weighted by molar-refractivity contribution is 5.88. The molecule has 1 fully saturated rings. The number of nitrogens with zero attached hydrogens (tertiary/aromatic N) is 2. The van der Waals surface area contributed by atoms with Gasteiger partial charge in [0.2, 0.25) is 0 Å². The Labute approximate surface area is 93.5 Å². The van der Waals surface area contributed by atoms with Crippen LogP contribution < -0.4 is 4.90 Å². The third-order valence-electron chi connectivity index (χ3n) is 3.20. The standard InChI is InChI=1S/C12H14N2O2/c15-8-9-2-5-14(7-9)12-10-3-6-16-11(10)1-4-13-12/h1,3-4,6,9,15H,2,5,7-8H2. The lowest BCUT2D eigenvalue weighted by molar-refractivity contribution is 0.238. The first-order valence-corrected chi connectivity index (χ1v) is 5.56. The quantitative estimate of drug-likeness (QED) is 0.832. The summed E-state index contributed by atoms with van der Waals surface area (Å²) in [5.41, 5.74) is 0.873. The smallest absolute Gasteiger partial charge is 0.139 e. The van der Waals surface area contributed by atoms with Gasteiger partial charge in [0.15, 0.2) is 0 Å². The molecule has 3 rings (SSSR count). The molecule has 4 heteroatoms. The Bertz CT molecular complexity index is 494. The summed E-state index contributed by atoms with van der Waals surface area (Å²) < 4.78 is 5.36. The highest BCUT2D eigenvalue weighted by Gasteiger charge is 2.24. The summed E-state index contributed by atoms with van der Waals surface area (Å²) in [6, 6.07) is 3.82. The first-order valence-electron chi connectivity index (χ1n) is 5.56. The molecule has 1 atom stereocenters. The predicted octanol–water partition coefficient (Wildman–Crippen LogP) is 1.65. The molecule has 4 nitrogen and oxygen atoms in total. The molecule has 1 aliphatic heterocycles. The molecule has 0 radical (unpaired) electrons. The van der Waals surface area contributed by atoms with Crippen molar-refractivity contribution in [1.29, 1.82) is 0 Å². The van der Waals surface area contributed by atoms with E-state index in [4.69, 9.17) is 9.52 Å². The van der Waals surface area contributed by atoms with Crippen LogP contribution in [0.5, 0.6) is 0 Å². The summed E-state index contributed by atoms with van der Waals surface area (Å²) in [6.07, 6.45) is 4.50. The molecular formula is C12H14N2O2. The van der Waals surface area contributed by atoms with Crippen LogP contribution in [0.25, 0.3) is 11.0 Å². The van der Waals surface area contributed by atoms with Crippen molar-refractivity contribution in [3.63, 3.8) is 0 Å². The van der Waals surface area contributed by atoms with Gasteiger partial charge in [0.05, 0.1) is 11.6 Å². The fourth-order valence-electron chi connectivity index (χ4n) is 2.31. The van der Waals surface area contributed by atoms with Crippen LogP contribution in [0.1, 0.15) is 6.42 Å². The first kappa shape index (κ1) is 9.66. The lowest BCUT2D eigenvalue weighted by atomic mass is 10.1.